The van der Waals surface area contributed by atoms with Gasteiger partial charge in [0.1, 0.15) is 0 Å². The van der Waals surface area contributed by atoms with Gasteiger partial charge in [-0.2, -0.15) is 0 Å². The maximum Gasteiger partial charge on any atom is 0.191 e. The van der Waals surface area contributed by atoms with E-state index in [-0.39, 0.29) is 0 Å². The zero-order valence-electron chi connectivity index (χ0n) is 14.2. The zero-order chi connectivity index (χ0) is 15.1. The summed E-state index contributed by atoms with van der Waals surface area (Å²) in [5, 5.41) is 6.97. The van der Waals surface area contributed by atoms with Crippen LogP contribution in [0.2, 0.25) is 0 Å². The Balaban J connectivity index is 1.58. The predicted octanol–water partition coefficient (Wildman–Crippen LogP) is 2.46. The molecule has 0 aromatic heterocycles. The minimum absolute atomic E-state index is 0.641. The first kappa shape index (κ1) is 16.6. The van der Waals surface area contributed by atoms with Crippen LogP contribution in [0.1, 0.15) is 51.4 Å². The van der Waals surface area contributed by atoms with E-state index < -0.39 is 0 Å². The molecule has 4 nitrogen and oxygen atoms in total. The molecule has 0 aliphatic heterocycles. The van der Waals surface area contributed by atoms with Crippen LogP contribution in [0.5, 0.6) is 0 Å². The lowest BCUT2D eigenvalue weighted by molar-refractivity contribution is 0.264. The van der Waals surface area contributed by atoms with Crippen molar-refractivity contribution < 1.29 is 0 Å². The molecule has 2 N–H and O–H groups in total. The van der Waals surface area contributed by atoms with Gasteiger partial charge in [0.25, 0.3) is 0 Å². The van der Waals surface area contributed by atoms with Crippen molar-refractivity contribution in [3.05, 3.63) is 0 Å². The molecule has 2 fully saturated rings. The summed E-state index contributed by atoms with van der Waals surface area (Å²) in [7, 11) is 6.24. The first-order chi connectivity index (χ1) is 10.2. The summed E-state index contributed by atoms with van der Waals surface area (Å²) in [6.07, 6.45) is 11.2. The van der Waals surface area contributed by atoms with Gasteiger partial charge in [-0.05, 0) is 51.6 Å². The fourth-order valence-electron chi connectivity index (χ4n) is 3.57. The Hall–Kier alpha value is -0.770. The van der Waals surface area contributed by atoms with Gasteiger partial charge in [-0.1, -0.05) is 25.7 Å². The zero-order valence-corrected chi connectivity index (χ0v) is 14.2. The van der Waals surface area contributed by atoms with Gasteiger partial charge in [-0.25, -0.2) is 0 Å². The Morgan fingerprint density at radius 3 is 2.43 bits per heavy atom. The molecule has 0 bridgehead atoms. The van der Waals surface area contributed by atoms with E-state index in [1.54, 1.807) is 0 Å². The smallest absolute Gasteiger partial charge is 0.191 e. The summed E-state index contributed by atoms with van der Waals surface area (Å²) >= 11 is 0. The lowest BCUT2D eigenvalue weighted by atomic mass is 10.0. The summed E-state index contributed by atoms with van der Waals surface area (Å²) in [5.74, 6) is 2.84. The van der Waals surface area contributed by atoms with Crippen molar-refractivity contribution >= 4 is 5.96 Å². The lowest BCUT2D eigenvalue weighted by Crippen LogP contribution is -2.46. The molecule has 2 rings (SSSR count). The number of nitrogens with zero attached hydrogens (tertiary/aromatic N) is 2. The van der Waals surface area contributed by atoms with Crippen LogP contribution in [-0.2, 0) is 0 Å². The number of nitrogens with one attached hydrogen (secondary N) is 2. The van der Waals surface area contributed by atoms with Gasteiger partial charge in [0.15, 0.2) is 5.96 Å². The number of aliphatic imine (C=N–C) groups is 1. The molecule has 0 radical (unpaired) electrons. The standard InChI is InChI=1S/C17H34N4/c1-18-17(19-12-6-9-14-7-4-5-8-14)20-13-16(21(2)3)15-10-11-15/h14-16H,4-13H2,1-3H3,(H2,18,19,20). The van der Waals surface area contributed by atoms with E-state index in [1.165, 1.54) is 51.4 Å². The Kier molecular flexibility index (Phi) is 6.81. The molecule has 0 amide bonds. The second kappa shape index (κ2) is 8.62. The fraction of sp³-hybridized carbons (Fsp3) is 0.941. The maximum absolute atomic E-state index is 4.34. The van der Waals surface area contributed by atoms with E-state index in [1.807, 2.05) is 7.05 Å². The molecule has 4 heteroatoms. The van der Waals surface area contributed by atoms with Crippen molar-refractivity contribution in [2.75, 3.05) is 34.2 Å². The van der Waals surface area contributed by atoms with E-state index in [9.17, 15) is 0 Å². The summed E-state index contributed by atoms with van der Waals surface area (Å²) in [6, 6.07) is 0.641. The summed E-state index contributed by atoms with van der Waals surface area (Å²) in [5.41, 5.74) is 0. The van der Waals surface area contributed by atoms with Gasteiger partial charge in [0.2, 0.25) is 0 Å². The molecule has 122 valence electrons. The fourth-order valence-corrected chi connectivity index (χ4v) is 3.57. The largest absolute Gasteiger partial charge is 0.356 e. The van der Waals surface area contributed by atoms with Crippen molar-refractivity contribution in [2.45, 2.75) is 57.4 Å². The summed E-state index contributed by atoms with van der Waals surface area (Å²) in [6.45, 7) is 2.05. The van der Waals surface area contributed by atoms with Gasteiger partial charge in [-0.15, -0.1) is 0 Å². The first-order valence-electron chi connectivity index (χ1n) is 8.81. The van der Waals surface area contributed by atoms with Crippen LogP contribution in [0, 0.1) is 11.8 Å². The third kappa shape index (κ3) is 5.85. The molecule has 0 aromatic carbocycles. The lowest BCUT2D eigenvalue weighted by Gasteiger charge is -2.25. The quantitative estimate of drug-likeness (QED) is 0.410. The van der Waals surface area contributed by atoms with Crippen molar-refractivity contribution in [2.24, 2.45) is 16.8 Å². The van der Waals surface area contributed by atoms with Gasteiger partial charge in [0, 0.05) is 26.2 Å². The van der Waals surface area contributed by atoms with Gasteiger partial charge in [-0.3, -0.25) is 4.99 Å². The highest BCUT2D eigenvalue weighted by molar-refractivity contribution is 5.79. The second-order valence-corrected chi connectivity index (χ2v) is 7.04. The van der Waals surface area contributed by atoms with Crippen LogP contribution < -0.4 is 10.6 Å². The summed E-state index contributed by atoms with van der Waals surface area (Å²) in [4.78, 5) is 6.69. The van der Waals surface area contributed by atoms with Crippen molar-refractivity contribution in [1.82, 2.24) is 15.5 Å². The molecular formula is C17H34N4. The van der Waals surface area contributed by atoms with Crippen LogP contribution in [0.25, 0.3) is 0 Å². The van der Waals surface area contributed by atoms with Gasteiger partial charge >= 0.3 is 0 Å². The highest BCUT2D eigenvalue weighted by atomic mass is 15.2. The minimum Gasteiger partial charge on any atom is -0.356 e. The van der Waals surface area contributed by atoms with Gasteiger partial charge in [0.05, 0.1) is 0 Å². The molecule has 1 unspecified atom stereocenters. The van der Waals surface area contributed by atoms with E-state index in [0.29, 0.717) is 6.04 Å². The molecule has 0 heterocycles. The molecule has 2 saturated carbocycles. The normalized spacial score (nSPS) is 21.8. The molecule has 21 heavy (non-hydrogen) atoms. The van der Waals surface area contributed by atoms with Crippen molar-refractivity contribution in [3.8, 4) is 0 Å². The molecule has 2 aliphatic rings. The highest BCUT2D eigenvalue weighted by Crippen LogP contribution is 2.34. The molecular weight excluding hydrogens is 260 g/mol. The van der Waals surface area contributed by atoms with Crippen molar-refractivity contribution in [3.63, 3.8) is 0 Å². The monoisotopic (exact) mass is 294 g/mol. The topological polar surface area (TPSA) is 39.7 Å². The minimum atomic E-state index is 0.641. The molecule has 2 aliphatic carbocycles. The number of hydrogen-bond acceptors (Lipinski definition) is 2. The maximum atomic E-state index is 4.34. The van der Waals surface area contributed by atoms with Crippen LogP contribution in [0.4, 0.5) is 0 Å². The highest BCUT2D eigenvalue weighted by Gasteiger charge is 2.32. The van der Waals surface area contributed by atoms with Crippen LogP contribution in [-0.4, -0.2) is 51.1 Å². The van der Waals surface area contributed by atoms with Crippen LogP contribution >= 0.6 is 0 Å². The average molecular weight is 294 g/mol. The second-order valence-electron chi connectivity index (χ2n) is 7.04. The van der Waals surface area contributed by atoms with Gasteiger partial charge < -0.3 is 15.5 Å². The molecule has 0 aromatic rings. The van der Waals surface area contributed by atoms with E-state index in [2.05, 4.69) is 34.6 Å². The van der Waals surface area contributed by atoms with Crippen LogP contribution in [0.15, 0.2) is 4.99 Å². The molecule has 1 atom stereocenters. The van der Waals surface area contributed by atoms with E-state index in [4.69, 9.17) is 0 Å². The predicted molar refractivity (Wildman–Crippen MR) is 90.8 cm³/mol. The SMILES string of the molecule is CN=C(NCCCC1CCCC1)NCC(C1CC1)N(C)C. The third-order valence-corrected chi connectivity index (χ3v) is 5.09. The molecule has 0 spiro atoms. The first-order valence-corrected chi connectivity index (χ1v) is 8.81. The number of hydrogen-bond donors (Lipinski definition) is 2. The van der Waals surface area contributed by atoms with E-state index in [0.717, 1.165) is 30.9 Å². The average Bonchev–Trinajstić information content (AvgIpc) is 3.16. The number of likely N-dealkylation sites (N-methyl/N-ethyl adjacent to an activating group) is 1. The Labute approximate surface area is 130 Å². The molecule has 0 saturated heterocycles. The van der Waals surface area contributed by atoms with E-state index >= 15 is 0 Å². The Morgan fingerprint density at radius 2 is 1.86 bits per heavy atom. The number of rotatable bonds is 8. The summed E-state index contributed by atoms with van der Waals surface area (Å²) < 4.78 is 0. The Morgan fingerprint density at radius 1 is 1.14 bits per heavy atom. The van der Waals surface area contributed by atoms with Crippen molar-refractivity contribution in [1.29, 1.82) is 0 Å². The Bertz CT molecular complexity index is 315. The third-order valence-electron chi connectivity index (χ3n) is 5.09. The van der Waals surface area contributed by atoms with Crippen LogP contribution in [0.3, 0.4) is 0 Å². The number of guanidine groups is 1.